The molecule has 24 heavy (non-hydrogen) atoms. The Bertz CT molecular complexity index is 520. The first-order valence-electron chi connectivity index (χ1n) is 8.50. The van der Waals surface area contributed by atoms with Crippen LogP contribution in [-0.2, 0) is 4.79 Å². The highest BCUT2D eigenvalue weighted by atomic mass is 16.5. The summed E-state index contributed by atoms with van der Waals surface area (Å²) in [6.45, 7) is 4.30. The molecule has 0 spiro atoms. The van der Waals surface area contributed by atoms with Crippen molar-refractivity contribution in [3.8, 4) is 11.5 Å². The second kappa shape index (κ2) is 8.78. The maximum atomic E-state index is 12.4. The van der Waals surface area contributed by atoms with Crippen LogP contribution in [0, 0.1) is 5.92 Å². The molecular formula is C18H29N3O3. The third kappa shape index (κ3) is 4.77. The molecule has 1 saturated heterocycles. The lowest BCUT2D eigenvalue weighted by molar-refractivity contribution is -0.135. The van der Waals surface area contributed by atoms with Crippen molar-refractivity contribution in [1.29, 1.82) is 0 Å². The number of anilines is 1. The van der Waals surface area contributed by atoms with Crippen molar-refractivity contribution in [3.05, 3.63) is 18.2 Å². The molecule has 2 rings (SSSR count). The first-order valence-corrected chi connectivity index (χ1v) is 8.50. The minimum Gasteiger partial charge on any atom is -0.497 e. The molecule has 2 N–H and O–H groups in total. The first kappa shape index (κ1) is 18.4. The van der Waals surface area contributed by atoms with E-state index in [9.17, 15) is 4.79 Å². The maximum absolute atomic E-state index is 12.4. The van der Waals surface area contributed by atoms with Crippen molar-refractivity contribution in [2.45, 2.75) is 25.8 Å². The van der Waals surface area contributed by atoms with Crippen LogP contribution in [0.1, 0.15) is 19.8 Å². The molecule has 6 heteroatoms. The van der Waals surface area contributed by atoms with E-state index in [0.29, 0.717) is 6.04 Å². The summed E-state index contributed by atoms with van der Waals surface area (Å²) in [7, 11) is 5.17. The second-order valence-electron chi connectivity index (χ2n) is 6.30. The SMILES string of the molecule is CNCC(C)C(=O)N1CCC(Nc2cc(OC)cc(OC)c2)CC1. The largest absolute Gasteiger partial charge is 0.497 e. The standard InChI is InChI=1S/C18H29N3O3/c1-13(12-19-2)18(22)21-7-5-14(6-8-21)20-15-9-16(23-3)11-17(10-15)24-4/h9-11,13-14,19-20H,5-8,12H2,1-4H3. The number of nitrogens with one attached hydrogen (secondary N) is 2. The van der Waals surface area contributed by atoms with Gasteiger partial charge in [-0.25, -0.2) is 0 Å². The fraction of sp³-hybridized carbons (Fsp3) is 0.611. The number of amides is 1. The summed E-state index contributed by atoms with van der Waals surface area (Å²) in [5, 5.41) is 6.60. The number of piperidine rings is 1. The van der Waals surface area contributed by atoms with E-state index in [4.69, 9.17) is 9.47 Å². The number of methoxy groups -OCH3 is 2. The third-order valence-electron chi connectivity index (χ3n) is 4.46. The van der Waals surface area contributed by atoms with E-state index < -0.39 is 0 Å². The Balaban J connectivity index is 1.90. The number of rotatable bonds is 7. The van der Waals surface area contributed by atoms with E-state index in [1.807, 2.05) is 37.1 Å². The van der Waals surface area contributed by atoms with Gasteiger partial charge in [0.2, 0.25) is 5.91 Å². The quantitative estimate of drug-likeness (QED) is 0.798. The number of likely N-dealkylation sites (tertiary alicyclic amines) is 1. The Morgan fingerprint density at radius 1 is 1.21 bits per heavy atom. The minimum atomic E-state index is 0.0298. The molecular weight excluding hydrogens is 306 g/mol. The zero-order valence-electron chi connectivity index (χ0n) is 15.1. The molecule has 1 atom stereocenters. The number of ether oxygens (including phenoxy) is 2. The molecule has 0 bridgehead atoms. The number of carbonyl (C=O) groups is 1. The zero-order chi connectivity index (χ0) is 17.5. The predicted octanol–water partition coefficient (Wildman–Crippen LogP) is 1.96. The van der Waals surface area contributed by atoms with Crippen LogP contribution in [0.5, 0.6) is 11.5 Å². The van der Waals surface area contributed by atoms with Gasteiger partial charge in [0, 0.05) is 55.5 Å². The van der Waals surface area contributed by atoms with Gasteiger partial charge < -0.3 is 25.0 Å². The lowest BCUT2D eigenvalue weighted by Gasteiger charge is -2.34. The van der Waals surface area contributed by atoms with Crippen molar-refractivity contribution >= 4 is 11.6 Å². The van der Waals surface area contributed by atoms with E-state index in [0.717, 1.165) is 49.7 Å². The Kier molecular flexibility index (Phi) is 6.73. The molecule has 1 unspecified atom stereocenters. The summed E-state index contributed by atoms with van der Waals surface area (Å²) in [6.07, 6.45) is 1.88. The Morgan fingerprint density at radius 2 is 1.79 bits per heavy atom. The topological polar surface area (TPSA) is 62.8 Å². The number of carbonyl (C=O) groups excluding carboxylic acids is 1. The normalized spacial score (nSPS) is 16.6. The van der Waals surface area contributed by atoms with Gasteiger partial charge in [-0.1, -0.05) is 6.92 Å². The highest BCUT2D eigenvalue weighted by Gasteiger charge is 2.25. The van der Waals surface area contributed by atoms with Gasteiger partial charge in [-0.05, 0) is 19.9 Å². The lowest BCUT2D eigenvalue weighted by Crippen LogP contribution is -2.45. The van der Waals surface area contributed by atoms with Crippen molar-refractivity contribution in [1.82, 2.24) is 10.2 Å². The van der Waals surface area contributed by atoms with Gasteiger partial charge in [-0.2, -0.15) is 0 Å². The van der Waals surface area contributed by atoms with Crippen LogP contribution in [0.4, 0.5) is 5.69 Å². The summed E-state index contributed by atoms with van der Waals surface area (Å²) >= 11 is 0. The maximum Gasteiger partial charge on any atom is 0.226 e. The van der Waals surface area contributed by atoms with Crippen LogP contribution in [0.25, 0.3) is 0 Å². The van der Waals surface area contributed by atoms with Gasteiger partial charge in [0.1, 0.15) is 11.5 Å². The summed E-state index contributed by atoms with van der Waals surface area (Å²) < 4.78 is 10.6. The molecule has 134 valence electrons. The van der Waals surface area contributed by atoms with Crippen LogP contribution in [0.3, 0.4) is 0 Å². The molecule has 0 saturated carbocycles. The average molecular weight is 335 g/mol. The van der Waals surface area contributed by atoms with Crippen molar-refractivity contribution in [2.75, 3.05) is 46.2 Å². The molecule has 0 aromatic heterocycles. The summed E-state index contributed by atoms with van der Waals surface area (Å²) in [6, 6.07) is 6.14. The molecule has 1 amide bonds. The number of nitrogens with zero attached hydrogens (tertiary/aromatic N) is 1. The first-order chi connectivity index (χ1) is 11.6. The molecule has 1 heterocycles. The second-order valence-corrected chi connectivity index (χ2v) is 6.30. The van der Waals surface area contributed by atoms with Gasteiger partial charge in [-0.3, -0.25) is 4.79 Å². The highest BCUT2D eigenvalue weighted by Crippen LogP contribution is 2.27. The van der Waals surface area contributed by atoms with E-state index in [2.05, 4.69) is 10.6 Å². The number of hydrogen-bond acceptors (Lipinski definition) is 5. The summed E-state index contributed by atoms with van der Waals surface area (Å²) in [5.41, 5.74) is 0.986. The molecule has 1 fully saturated rings. The van der Waals surface area contributed by atoms with Crippen LogP contribution >= 0.6 is 0 Å². The number of hydrogen-bond donors (Lipinski definition) is 2. The van der Waals surface area contributed by atoms with Crippen LogP contribution in [-0.4, -0.2) is 57.8 Å². The van der Waals surface area contributed by atoms with Crippen LogP contribution in [0.15, 0.2) is 18.2 Å². The van der Waals surface area contributed by atoms with Crippen LogP contribution in [0.2, 0.25) is 0 Å². The molecule has 1 aromatic carbocycles. The molecule has 1 aromatic rings. The zero-order valence-corrected chi connectivity index (χ0v) is 15.1. The Hall–Kier alpha value is -1.95. The van der Waals surface area contributed by atoms with Gasteiger partial charge in [0.05, 0.1) is 14.2 Å². The average Bonchev–Trinajstić information content (AvgIpc) is 2.61. The van der Waals surface area contributed by atoms with Gasteiger partial charge >= 0.3 is 0 Å². The van der Waals surface area contributed by atoms with Gasteiger partial charge in [0.25, 0.3) is 0 Å². The van der Waals surface area contributed by atoms with E-state index >= 15 is 0 Å². The molecule has 6 nitrogen and oxygen atoms in total. The van der Waals surface area contributed by atoms with E-state index in [1.54, 1.807) is 14.2 Å². The molecule has 0 aliphatic carbocycles. The number of benzene rings is 1. The molecule has 1 aliphatic rings. The molecule has 1 aliphatic heterocycles. The monoisotopic (exact) mass is 335 g/mol. The van der Waals surface area contributed by atoms with Crippen molar-refractivity contribution in [2.24, 2.45) is 5.92 Å². The Morgan fingerprint density at radius 3 is 2.29 bits per heavy atom. The lowest BCUT2D eigenvalue weighted by atomic mass is 10.0. The van der Waals surface area contributed by atoms with E-state index in [1.165, 1.54) is 0 Å². The van der Waals surface area contributed by atoms with Crippen molar-refractivity contribution in [3.63, 3.8) is 0 Å². The van der Waals surface area contributed by atoms with Gasteiger partial charge in [-0.15, -0.1) is 0 Å². The van der Waals surface area contributed by atoms with Crippen LogP contribution < -0.4 is 20.1 Å². The highest BCUT2D eigenvalue weighted by molar-refractivity contribution is 5.78. The summed E-state index contributed by atoms with van der Waals surface area (Å²) in [4.78, 5) is 14.3. The molecule has 0 radical (unpaired) electrons. The van der Waals surface area contributed by atoms with Crippen molar-refractivity contribution < 1.29 is 14.3 Å². The van der Waals surface area contributed by atoms with E-state index in [-0.39, 0.29) is 11.8 Å². The fourth-order valence-corrected chi connectivity index (χ4v) is 3.08. The Labute approximate surface area is 144 Å². The summed E-state index contributed by atoms with van der Waals surface area (Å²) in [5.74, 6) is 1.81. The predicted molar refractivity (Wildman–Crippen MR) is 95.9 cm³/mol. The minimum absolute atomic E-state index is 0.0298. The smallest absolute Gasteiger partial charge is 0.226 e. The third-order valence-corrected chi connectivity index (χ3v) is 4.46. The fourth-order valence-electron chi connectivity index (χ4n) is 3.08. The van der Waals surface area contributed by atoms with Gasteiger partial charge in [0.15, 0.2) is 0 Å².